The van der Waals surface area contributed by atoms with Crippen molar-refractivity contribution in [2.45, 2.75) is 25.8 Å². The average Bonchev–Trinajstić information content (AvgIpc) is 3.20. The van der Waals surface area contributed by atoms with Crippen LogP contribution in [0.3, 0.4) is 0 Å². The first-order chi connectivity index (χ1) is 14.6. The fourth-order valence-corrected chi connectivity index (χ4v) is 3.73. The number of halogens is 1. The summed E-state index contributed by atoms with van der Waals surface area (Å²) in [4.78, 5) is 23.7. The molecule has 3 heterocycles. The second-order valence-electron chi connectivity index (χ2n) is 7.40. The van der Waals surface area contributed by atoms with E-state index in [2.05, 4.69) is 20.5 Å². The number of rotatable bonds is 6. The molecule has 154 valence electrons. The summed E-state index contributed by atoms with van der Waals surface area (Å²) in [5, 5.41) is 5.93. The van der Waals surface area contributed by atoms with E-state index in [0.717, 1.165) is 42.3 Å². The lowest BCUT2D eigenvalue weighted by atomic mass is 10.1. The van der Waals surface area contributed by atoms with E-state index in [-0.39, 0.29) is 24.2 Å². The largest absolute Gasteiger partial charge is 0.325 e. The van der Waals surface area contributed by atoms with E-state index >= 15 is 0 Å². The van der Waals surface area contributed by atoms with E-state index in [1.165, 1.54) is 6.07 Å². The van der Waals surface area contributed by atoms with Gasteiger partial charge in [-0.25, -0.2) is 14.4 Å². The molecule has 0 radical (unpaired) electrons. The molecular formula is C23H24FN5O. The maximum Gasteiger partial charge on any atom is 0.238 e. The van der Waals surface area contributed by atoms with Gasteiger partial charge in [-0.05, 0) is 62.2 Å². The molecule has 4 rings (SSSR count). The molecule has 2 aromatic heterocycles. The van der Waals surface area contributed by atoms with Crippen molar-refractivity contribution in [2.75, 3.05) is 23.7 Å². The van der Waals surface area contributed by atoms with Gasteiger partial charge in [0.05, 0.1) is 24.0 Å². The topological polar surface area (TPSA) is 70.2 Å². The summed E-state index contributed by atoms with van der Waals surface area (Å²) < 4.78 is 13.8. The van der Waals surface area contributed by atoms with Crippen LogP contribution in [0.15, 0.2) is 60.8 Å². The lowest BCUT2D eigenvalue weighted by Crippen LogP contribution is -2.33. The van der Waals surface area contributed by atoms with Crippen LogP contribution in [-0.4, -0.2) is 33.9 Å². The monoisotopic (exact) mass is 405 g/mol. The number of aromatic nitrogens is 2. The van der Waals surface area contributed by atoms with Crippen molar-refractivity contribution in [3.63, 3.8) is 0 Å². The molecule has 3 aromatic rings. The summed E-state index contributed by atoms with van der Waals surface area (Å²) in [5.74, 6) is 0.825. The fourth-order valence-electron chi connectivity index (χ4n) is 3.73. The highest BCUT2D eigenvalue weighted by atomic mass is 19.1. The molecule has 0 unspecified atom stereocenters. The molecular weight excluding hydrogens is 381 g/mol. The first-order valence-electron chi connectivity index (χ1n) is 10.0. The second kappa shape index (κ2) is 9.00. The third-order valence-corrected chi connectivity index (χ3v) is 5.23. The lowest BCUT2D eigenvalue weighted by molar-refractivity contribution is -0.117. The van der Waals surface area contributed by atoms with E-state index in [0.29, 0.717) is 0 Å². The number of nitrogens with zero attached hydrogens (tertiary/aromatic N) is 3. The highest BCUT2D eigenvalue weighted by Crippen LogP contribution is 2.31. The molecule has 1 fully saturated rings. The average molecular weight is 405 g/mol. The minimum Gasteiger partial charge on any atom is -0.325 e. The van der Waals surface area contributed by atoms with E-state index < -0.39 is 5.82 Å². The number of hydrogen-bond acceptors (Lipinski definition) is 5. The van der Waals surface area contributed by atoms with Crippen molar-refractivity contribution < 1.29 is 9.18 Å². The van der Waals surface area contributed by atoms with Crippen LogP contribution in [0.2, 0.25) is 0 Å². The standard InChI is InChI=1S/C23H24FN5O/c1-16-7-5-13-25-23(16)28-21-12-4-10-19(26-21)20-11-6-14-29(20)15-22(30)27-18-9-3-2-8-17(18)24/h2-5,7-10,12-13,20H,6,11,14-15H2,1H3,(H,27,30)(H,25,26,28)/t20-/m1/s1. The van der Waals surface area contributed by atoms with Crippen LogP contribution in [0.4, 0.5) is 21.7 Å². The predicted octanol–water partition coefficient (Wildman–Crippen LogP) is 4.44. The van der Waals surface area contributed by atoms with Gasteiger partial charge in [-0.1, -0.05) is 24.3 Å². The van der Waals surface area contributed by atoms with E-state index in [4.69, 9.17) is 4.98 Å². The van der Waals surface area contributed by atoms with Crippen molar-refractivity contribution in [3.8, 4) is 0 Å². The zero-order valence-corrected chi connectivity index (χ0v) is 16.8. The molecule has 2 N–H and O–H groups in total. The molecule has 1 saturated heterocycles. The molecule has 0 saturated carbocycles. The number of para-hydroxylation sites is 1. The van der Waals surface area contributed by atoms with Crippen molar-refractivity contribution in [3.05, 3.63) is 77.9 Å². The number of hydrogen-bond donors (Lipinski definition) is 2. The van der Waals surface area contributed by atoms with Crippen molar-refractivity contribution in [1.29, 1.82) is 0 Å². The van der Waals surface area contributed by atoms with Gasteiger partial charge >= 0.3 is 0 Å². The third-order valence-electron chi connectivity index (χ3n) is 5.23. The van der Waals surface area contributed by atoms with Gasteiger partial charge in [-0.3, -0.25) is 9.69 Å². The Morgan fingerprint density at radius 2 is 2.03 bits per heavy atom. The molecule has 6 nitrogen and oxygen atoms in total. The van der Waals surface area contributed by atoms with Crippen LogP contribution in [-0.2, 0) is 4.79 Å². The fraction of sp³-hybridized carbons (Fsp3) is 0.261. The number of carbonyl (C=O) groups is 1. The van der Waals surface area contributed by atoms with Crippen LogP contribution in [0.1, 0.15) is 30.1 Å². The molecule has 0 spiro atoms. The summed E-state index contributed by atoms with van der Waals surface area (Å²) in [6, 6.07) is 16.0. The van der Waals surface area contributed by atoms with Crippen LogP contribution >= 0.6 is 0 Å². The number of nitrogens with one attached hydrogen (secondary N) is 2. The number of aryl methyl sites for hydroxylation is 1. The Kier molecular flexibility index (Phi) is 5.99. The first-order valence-corrected chi connectivity index (χ1v) is 10.0. The number of amides is 1. The zero-order chi connectivity index (χ0) is 20.9. The number of carbonyl (C=O) groups excluding carboxylic acids is 1. The van der Waals surface area contributed by atoms with Gasteiger partial charge in [-0.2, -0.15) is 0 Å². The van der Waals surface area contributed by atoms with Crippen molar-refractivity contribution >= 4 is 23.2 Å². The Morgan fingerprint density at radius 1 is 1.17 bits per heavy atom. The summed E-state index contributed by atoms with van der Waals surface area (Å²) >= 11 is 0. The van der Waals surface area contributed by atoms with Crippen LogP contribution in [0.25, 0.3) is 0 Å². The minimum absolute atomic E-state index is 0.0444. The molecule has 1 atom stereocenters. The first kappa shape index (κ1) is 20.0. The van der Waals surface area contributed by atoms with Gasteiger partial charge in [-0.15, -0.1) is 0 Å². The van der Waals surface area contributed by atoms with Crippen LogP contribution < -0.4 is 10.6 Å². The lowest BCUT2D eigenvalue weighted by Gasteiger charge is -2.24. The minimum atomic E-state index is -0.436. The Morgan fingerprint density at radius 3 is 2.87 bits per heavy atom. The predicted molar refractivity (Wildman–Crippen MR) is 115 cm³/mol. The zero-order valence-electron chi connectivity index (χ0n) is 16.8. The number of benzene rings is 1. The maximum absolute atomic E-state index is 13.8. The summed E-state index contributed by atoms with van der Waals surface area (Å²) in [5.41, 5.74) is 2.15. The Labute approximate surface area is 175 Å². The summed E-state index contributed by atoms with van der Waals surface area (Å²) in [6.45, 7) is 2.98. The summed E-state index contributed by atoms with van der Waals surface area (Å²) in [6.07, 6.45) is 3.65. The van der Waals surface area contributed by atoms with Crippen molar-refractivity contribution in [1.82, 2.24) is 14.9 Å². The SMILES string of the molecule is Cc1cccnc1Nc1cccc([C@H]2CCCN2CC(=O)Nc2ccccc2F)n1. The van der Waals surface area contributed by atoms with Gasteiger partial charge in [0.2, 0.25) is 5.91 Å². The third kappa shape index (κ3) is 4.63. The molecule has 0 bridgehead atoms. The number of anilines is 3. The molecule has 1 amide bonds. The second-order valence-corrected chi connectivity index (χ2v) is 7.40. The molecule has 0 aliphatic carbocycles. The van der Waals surface area contributed by atoms with E-state index in [1.807, 2.05) is 37.3 Å². The number of likely N-dealkylation sites (tertiary alicyclic amines) is 1. The quantitative estimate of drug-likeness (QED) is 0.634. The summed E-state index contributed by atoms with van der Waals surface area (Å²) in [7, 11) is 0. The van der Waals surface area contributed by atoms with Gasteiger partial charge < -0.3 is 10.6 Å². The molecule has 30 heavy (non-hydrogen) atoms. The van der Waals surface area contributed by atoms with Gasteiger partial charge in [0.15, 0.2) is 0 Å². The van der Waals surface area contributed by atoms with Crippen LogP contribution in [0.5, 0.6) is 0 Å². The Hall–Kier alpha value is -3.32. The highest BCUT2D eigenvalue weighted by Gasteiger charge is 2.29. The van der Waals surface area contributed by atoms with Crippen LogP contribution in [0, 0.1) is 12.7 Å². The molecule has 1 aliphatic rings. The van der Waals surface area contributed by atoms with E-state index in [9.17, 15) is 9.18 Å². The normalized spacial score (nSPS) is 16.4. The highest BCUT2D eigenvalue weighted by molar-refractivity contribution is 5.92. The van der Waals surface area contributed by atoms with Gasteiger partial charge in [0.25, 0.3) is 0 Å². The number of pyridine rings is 2. The van der Waals surface area contributed by atoms with Crippen molar-refractivity contribution in [2.24, 2.45) is 0 Å². The van der Waals surface area contributed by atoms with E-state index in [1.54, 1.807) is 24.4 Å². The Balaban J connectivity index is 1.45. The van der Waals surface area contributed by atoms with Gasteiger partial charge in [0.1, 0.15) is 17.5 Å². The molecule has 7 heteroatoms. The molecule has 1 aromatic carbocycles. The maximum atomic E-state index is 13.8. The van der Waals surface area contributed by atoms with Gasteiger partial charge in [0, 0.05) is 6.20 Å². The Bertz CT molecular complexity index is 1040. The molecule has 1 aliphatic heterocycles. The smallest absolute Gasteiger partial charge is 0.238 e.